The Morgan fingerprint density at radius 2 is 2.00 bits per heavy atom. The molecule has 2 heteroatoms. The Balaban J connectivity index is 2.61. The van der Waals surface area contributed by atoms with Gasteiger partial charge in [0.15, 0.2) is 12.4 Å². The molecule has 1 heterocycles. The number of hydrogen-bond donors (Lipinski definition) is 1. The van der Waals surface area contributed by atoms with E-state index in [2.05, 4.69) is 4.98 Å². The van der Waals surface area contributed by atoms with Crippen molar-refractivity contribution in [2.45, 2.75) is 6.42 Å². The second-order valence-electron chi connectivity index (χ2n) is 1.88. The van der Waals surface area contributed by atoms with Gasteiger partial charge in [0.05, 0.1) is 0 Å². The van der Waals surface area contributed by atoms with Crippen molar-refractivity contribution in [1.82, 2.24) is 0 Å². The Hall–Kier alpha value is -0.890. The van der Waals surface area contributed by atoms with Gasteiger partial charge in [-0.15, -0.1) is 0 Å². The summed E-state index contributed by atoms with van der Waals surface area (Å²) in [5.74, 6) is 0. The average molecular weight is 124 g/mol. The third-order valence-corrected chi connectivity index (χ3v) is 1.19. The predicted octanol–water partition coefficient (Wildman–Crippen LogP) is 0.0355. The van der Waals surface area contributed by atoms with Crippen LogP contribution < -0.4 is 4.98 Å². The summed E-state index contributed by atoms with van der Waals surface area (Å²) in [4.78, 5) is 2.91. The lowest BCUT2D eigenvalue weighted by molar-refractivity contribution is -0.378. The third-order valence-electron chi connectivity index (χ3n) is 1.19. The number of aromatic nitrogens is 1. The van der Waals surface area contributed by atoms with Gasteiger partial charge in [-0.3, -0.25) is 0 Å². The molecular formula is C7H10NO+. The molecule has 0 aliphatic rings. The van der Waals surface area contributed by atoms with Crippen molar-refractivity contribution in [3.05, 3.63) is 30.1 Å². The fourth-order valence-electron chi connectivity index (χ4n) is 0.717. The quantitative estimate of drug-likeness (QED) is 0.593. The maximum absolute atomic E-state index is 8.51. The molecule has 0 radical (unpaired) electrons. The van der Waals surface area contributed by atoms with E-state index in [1.165, 1.54) is 0 Å². The monoisotopic (exact) mass is 124 g/mol. The molecule has 9 heavy (non-hydrogen) atoms. The summed E-state index contributed by atoms with van der Waals surface area (Å²) in [6.45, 7) is 0.226. The van der Waals surface area contributed by atoms with Crippen LogP contribution in [0, 0.1) is 0 Å². The zero-order chi connectivity index (χ0) is 6.53. The number of aliphatic hydroxyl groups is 1. The van der Waals surface area contributed by atoms with Gasteiger partial charge in [-0.05, 0) is 12.0 Å². The second-order valence-corrected chi connectivity index (χ2v) is 1.88. The normalized spacial score (nSPS) is 9.44. The van der Waals surface area contributed by atoms with Gasteiger partial charge in [0, 0.05) is 18.7 Å². The van der Waals surface area contributed by atoms with Crippen LogP contribution >= 0.6 is 0 Å². The van der Waals surface area contributed by atoms with Gasteiger partial charge in [0.2, 0.25) is 0 Å². The largest absolute Gasteiger partial charge is 0.396 e. The highest BCUT2D eigenvalue weighted by Crippen LogP contribution is 1.93. The first-order valence-corrected chi connectivity index (χ1v) is 2.99. The number of pyridine rings is 1. The van der Waals surface area contributed by atoms with Gasteiger partial charge < -0.3 is 5.11 Å². The molecule has 0 atom stereocenters. The molecule has 48 valence electrons. The summed E-state index contributed by atoms with van der Waals surface area (Å²) >= 11 is 0. The van der Waals surface area contributed by atoms with Gasteiger partial charge in [0.1, 0.15) is 0 Å². The van der Waals surface area contributed by atoms with Gasteiger partial charge in [-0.2, -0.15) is 0 Å². The van der Waals surface area contributed by atoms with E-state index in [9.17, 15) is 0 Å². The Labute approximate surface area is 54.2 Å². The molecule has 1 aromatic rings. The maximum Gasteiger partial charge on any atom is 0.167 e. The van der Waals surface area contributed by atoms with Crippen molar-refractivity contribution in [2.24, 2.45) is 0 Å². The first kappa shape index (κ1) is 6.23. The molecule has 0 aliphatic heterocycles. The fourth-order valence-corrected chi connectivity index (χ4v) is 0.717. The SMILES string of the molecule is OCCc1cc[nH+]cc1. The predicted molar refractivity (Wildman–Crippen MR) is 33.8 cm³/mol. The van der Waals surface area contributed by atoms with Crippen LogP contribution in [-0.2, 0) is 6.42 Å². The molecule has 0 saturated heterocycles. The zero-order valence-corrected chi connectivity index (χ0v) is 5.17. The fraction of sp³-hybridized carbons (Fsp3) is 0.286. The number of H-pyrrole nitrogens is 1. The van der Waals surface area contributed by atoms with Gasteiger partial charge in [0.25, 0.3) is 0 Å². The molecule has 0 amide bonds. The summed E-state index contributed by atoms with van der Waals surface area (Å²) in [6, 6.07) is 3.91. The first-order chi connectivity index (χ1) is 4.43. The summed E-state index contributed by atoms with van der Waals surface area (Å²) in [7, 11) is 0. The van der Waals surface area contributed by atoms with E-state index < -0.39 is 0 Å². The van der Waals surface area contributed by atoms with Gasteiger partial charge in [-0.25, -0.2) is 4.98 Å². The summed E-state index contributed by atoms with van der Waals surface area (Å²) < 4.78 is 0. The van der Waals surface area contributed by atoms with Crippen LogP contribution in [0.25, 0.3) is 0 Å². The van der Waals surface area contributed by atoms with Crippen LogP contribution in [0.3, 0.4) is 0 Å². The summed E-state index contributed by atoms with van der Waals surface area (Å²) in [5, 5.41) is 8.51. The van der Waals surface area contributed by atoms with Gasteiger partial charge >= 0.3 is 0 Å². The molecule has 0 aliphatic carbocycles. The van der Waals surface area contributed by atoms with E-state index in [-0.39, 0.29) is 6.61 Å². The molecule has 2 nitrogen and oxygen atoms in total. The van der Waals surface area contributed by atoms with E-state index in [1.54, 1.807) is 0 Å². The maximum atomic E-state index is 8.51. The van der Waals surface area contributed by atoms with E-state index in [4.69, 9.17) is 5.11 Å². The highest BCUT2D eigenvalue weighted by Gasteiger charge is 1.89. The molecule has 0 bridgehead atoms. The number of nitrogens with one attached hydrogen (secondary N) is 1. The Morgan fingerprint density at radius 1 is 1.33 bits per heavy atom. The van der Waals surface area contributed by atoms with Crippen molar-refractivity contribution in [2.75, 3.05) is 6.61 Å². The van der Waals surface area contributed by atoms with Crippen molar-refractivity contribution in [1.29, 1.82) is 0 Å². The number of hydrogen-bond acceptors (Lipinski definition) is 1. The molecular weight excluding hydrogens is 114 g/mol. The molecule has 0 spiro atoms. The Morgan fingerprint density at radius 3 is 2.56 bits per heavy atom. The average Bonchev–Trinajstić information content (AvgIpc) is 1.91. The first-order valence-electron chi connectivity index (χ1n) is 2.99. The minimum atomic E-state index is 0.226. The molecule has 1 aromatic heterocycles. The Kier molecular flexibility index (Phi) is 2.22. The van der Waals surface area contributed by atoms with Crippen molar-refractivity contribution >= 4 is 0 Å². The number of rotatable bonds is 2. The van der Waals surface area contributed by atoms with Gasteiger partial charge in [-0.1, -0.05) is 0 Å². The third kappa shape index (κ3) is 1.82. The smallest absolute Gasteiger partial charge is 0.167 e. The van der Waals surface area contributed by atoms with Crippen LogP contribution in [-0.4, -0.2) is 11.7 Å². The minimum Gasteiger partial charge on any atom is -0.396 e. The highest BCUT2D eigenvalue weighted by molar-refractivity contribution is 5.06. The lowest BCUT2D eigenvalue weighted by atomic mass is 10.2. The molecule has 0 fully saturated rings. The topological polar surface area (TPSA) is 34.4 Å². The molecule has 0 saturated carbocycles. The van der Waals surface area contributed by atoms with Crippen LogP contribution in [0.2, 0.25) is 0 Å². The van der Waals surface area contributed by atoms with Crippen LogP contribution in [0.4, 0.5) is 0 Å². The highest BCUT2D eigenvalue weighted by atomic mass is 16.2. The zero-order valence-electron chi connectivity index (χ0n) is 5.17. The van der Waals surface area contributed by atoms with Crippen LogP contribution in [0.1, 0.15) is 5.56 Å². The Bertz CT molecular complexity index is 162. The molecule has 1 rings (SSSR count). The lowest BCUT2D eigenvalue weighted by Gasteiger charge is -1.90. The van der Waals surface area contributed by atoms with E-state index in [1.807, 2.05) is 24.5 Å². The van der Waals surface area contributed by atoms with Crippen molar-refractivity contribution < 1.29 is 10.1 Å². The van der Waals surface area contributed by atoms with Crippen LogP contribution in [0.15, 0.2) is 24.5 Å². The standard InChI is InChI=1S/C7H9NO/c9-6-3-7-1-4-8-5-2-7/h1-2,4-5,9H,3,6H2/p+1. The van der Waals surface area contributed by atoms with Crippen molar-refractivity contribution in [3.63, 3.8) is 0 Å². The van der Waals surface area contributed by atoms with E-state index >= 15 is 0 Å². The summed E-state index contributed by atoms with van der Waals surface area (Å²) in [5.41, 5.74) is 1.16. The minimum absolute atomic E-state index is 0.226. The molecule has 2 N–H and O–H groups in total. The second kappa shape index (κ2) is 3.20. The van der Waals surface area contributed by atoms with Crippen molar-refractivity contribution in [3.8, 4) is 0 Å². The van der Waals surface area contributed by atoms with E-state index in [0.29, 0.717) is 0 Å². The van der Waals surface area contributed by atoms with Crippen LogP contribution in [0.5, 0.6) is 0 Å². The number of aliphatic hydroxyl groups excluding tert-OH is 1. The van der Waals surface area contributed by atoms with E-state index in [0.717, 1.165) is 12.0 Å². The summed E-state index contributed by atoms with van der Waals surface area (Å²) in [6.07, 6.45) is 4.45. The lowest BCUT2D eigenvalue weighted by Crippen LogP contribution is -1.99. The number of aromatic amines is 1. The molecule has 0 aromatic carbocycles. The molecule has 0 unspecified atom stereocenters.